The third-order valence-corrected chi connectivity index (χ3v) is 17.5. The Labute approximate surface area is 505 Å². The van der Waals surface area contributed by atoms with Crippen molar-refractivity contribution in [3.63, 3.8) is 0 Å². The first kappa shape index (κ1) is 79.8. The van der Waals surface area contributed by atoms with Crippen molar-refractivity contribution in [1.29, 1.82) is 0 Å². The van der Waals surface area contributed by atoms with Gasteiger partial charge in [0.1, 0.15) is 19.8 Å². The zero-order valence-corrected chi connectivity index (χ0v) is 56.0. The van der Waals surface area contributed by atoms with Crippen LogP contribution in [0.25, 0.3) is 0 Å². The maximum atomic E-state index is 12.9. The number of carbonyl (C=O) groups excluding carboxylic acids is 2. The van der Waals surface area contributed by atoms with Gasteiger partial charge in [-0.2, -0.15) is 0 Å². The maximum absolute atomic E-state index is 12.9. The van der Waals surface area contributed by atoms with Gasteiger partial charge in [-0.05, 0) is 38.5 Å². The minimum Gasteiger partial charge on any atom is -0.462 e. The SMILES string of the molecule is CCCCCCCCCC/C=C\CCCCCCCCCCCCCCCCCCCCCCCCCCCC(=O)OC(COC(=O)CCCCCCCCCCCCCCCCCCCCCC)COP(=O)(O)OCC[N+](C)(C)C. The van der Waals surface area contributed by atoms with E-state index < -0.39 is 26.5 Å². The van der Waals surface area contributed by atoms with E-state index in [1.54, 1.807) is 0 Å². The number of carbonyl (C=O) groups is 2. The number of likely N-dealkylation sites (N-methyl/N-ethyl adjacent to an activating group) is 1. The molecule has 0 spiro atoms. The first-order valence-corrected chi connectivity index (χ1v) is 37.4. The average Bonchev–Trinajstić information content (AvgIpc) is 3.43. The van der Waals surface area contributed by atoms with Crippen molar-refractivity contribution in [2.24, 2.45) is 0 Å². The molecule has 0 aromatic carbocycles. The number of quaternary nitrogens is 1. The van der Waals surface area contributed by atoms with Crippen LogP contribution in [0.3, 0.4) is 0 Å². The molecule has 0 radical (unpaired) electrons. The molecule has 0 saturated carbocycles. The molecule has 0 aliphatic heterocycles. The molecule has 0 heterocycles. The molecule has 0 amide bonds. The minimum atomic E-state index is -4.38. The molecule has 9 nitrogen and oxygen atoms in total. The lowest BCUT2D eigenvalue weighted by molar-refractivity contribution is -0.870. The quantitative estimate of drug-likeness (QED) is 0.0211. The zero-order valence-electron chi connectivity index (χ0n) is 55.1. The van der Waals surface area contributed by atoms with Crippen LogP contribution in [-0.4, -0.2) is 74.9 Å². The highest BCUT2D eigenvalue weighted by Gasteiger charge is 2.27. The molecule has 0 aromatic rings. The van der Waals surface area contributed by atoms with Gasteiger partial charge in [0, 0.05) is 12.8 Å². The summed E-state index contributed by atoms with van der Waals surface area (Å²) >= 11 is 0. The minimum absolute atomic E-state index is 0.0369. The number of ether oxygens (including phenoxy) is 2. The predicted molar refractivity (Wildman–Crippen MR) is 349 cm³/mol. The summed E-state index contributed by atoms with van der Waals surface area (Å²) in [4.78, 5) is 35.8. The van der Waals surface area contributed by atoms with Crippen LogP contribution in [-0.2, 0) is 32.7 Å². The van der Waals surface area contributed by atoms with Crippen LogP contribution < -0.4 is 0 Å². The van der Waals surface area contributed by atoms with Crippen LogP contribution in [0.4, 0.5) is 0 Å². The van der Waals surface area contributed by atoms with Gasteiger partial charge < -0.3 is 18.9 Å². The summed E-state index contributed by atoms with van der Waals surface area (Å²) in [6.07, 6.45) is 77.7. The second-order valence-electron chi connectivity index (χ2n) is 26.0. The van der Waals surface area contributed by atoms with Gasteiger partial charge in [-0.3, -0.25) is 18.6 Å². The number of phosphoric ester groups is 1. The first-order valence-electron chi connectivity index (χ1n) is 35.9. The largest absolute Gasteiger partial charge is 0.472 e. The number of allylic oxidation sites excluding steroid dienone is 2. The summed E-state index contributed by atoms with van der Waals surface area (Å²) in [5.41, 5.74) is 0. The van der Waals surface area contributed by atoms with Gasteiger partial charge in [-0.1, -0.05) is 341 Å². The van der Waals surface area contributed by atoms with Crippen LogP contribution >= 0.6 is 7.82 Å². The number of rotatable bonds is 68. The number of hydrogen-bond acceptors (Lipinski definition) is 7. The monoisotopic (exact) mass is 1170 g/mol. The van der Waals surface area contributed by atoms with Crippen LogP contribution in [0.1, 0.15) is 380 Å². The number of hydrogen-bond donors (Lipinski definition) is 1. The van der Waals surface area contributed by atoms with Crippen molar-refractivity contribution < 1.29 is 42.1 Å². The molecule has 1 N–H and O–H groups in total. The molecule has 2 atom stereocenters. The van der Waals surface area contributed by atoms with Gasteiger partial charge in [0.15, 0.2) is 6.10 Å². The molecule has 10 heteroatoms. The Morgan fingerprint density at radius 1 is 0.370 bits per heavy atom. The van der Waals surface area contributed by atoms with Gasteiger partial charge >= 0.3 is 19.8 Å². The van der Waals surface area contributed by atoms with Crippen LogP contribution in [0.2, 0.25) is 0 Å². The van der Waals surface area contributed by atoms with Crippen molar-refractivity contribution in [3.05, 3.63) is 12.2 Å². The standard InChI is InChI=1S/C71H140NO8P/c1-6-8-10-12-14-16-18-20-22-24-26-28-29-30-31-32-33-34-35-36-37-38-39-40-41-42-43-44-46-48-50-52-54-56-58-60-62-64-71(74)80-69(68-79-81(75,76)78-66-65-72(3,4)5)67-77-70(73)63-61-59-57-55-53-51-49-47-45-27-25-23-21-19-17-15-13-11-9-7-2/h24,26,69H,6-23,25,27-68H2,1-5H3/p+1/b26-24-. The Bertz CT molecular complexity index is 1370. The molecule has 0 rings (SSSR count). The van der Waals surface area contributed by atoms with E-state index in [9.17, 15) is 19.0 Å². The topological polar surface area (TPSA) is 108 Å². The average molecular weight is 1170 g/mol. The number of esters is 2. The Morgan fingerprint density at radius 2 is 0.630 bits per heavy atom. The van der Waals surface area contributed by atoms with Crippen molar-refractivity contribution in [1.82, 2.24) is 0 Å². The lowest BCUT2D eigenvalue weighted by Crippen LogP contribution is -2.37. The molecule has 482 valence electrons. The fraction of sp³-hybridized carbons (Fsp3) is 0.944. The van der Waals surface area contributed by atoms with E-state index in [1.807, 2.05) is 21.1 Å². The van der Waals surface area contributed by atoms with E-state index in [0.29, 0.717) is 17.4 Å². The van der Waals surface area contributed by atoms with E-state index in [2.05, 4.69) is 26.0 Å². The summed E-state index contributed by atoms with van der Waals surface area (Å²) in [7, 11) is 1.50. The molecule has 0 aromatic heterocycles. The van der Waals surface area contributed by atoms with Crippen LogP contribution in [0.5, 0.6) is 0 Å². The fourth-order valence-electron chi connectivity index (χ4n) is 11.0. The van der Waals surface area contributed by atoms with Gasteiger partial charge in [-0.25, -0.2) is 4.57 Å². The number of nitrogens with zero attached hydrogens (tertiary/aromatic N) is 1. The van der Waals surface area contributed by atoms with Crippen LogP contribution in [0, 0.1) is 0 Å². The third-order valence-electron chi connectivity index (χ3n) is 16.5. The Kier molecular flexibility index (Phi) is 62.3. The zero-order chi connectivity index (χ0) is 59.1. The van der Waals surface area contributed by atoms with E-state index in [1.165, 1.54) is 315 Å². The smallest absolute Gasteiger partial charge is 0.462 e. The van der Waals surface area contributed by atoms with Crippen molar-refractivity contribution in [2.75, 3.05) is 47.5 Å². The number of phosphoric acid groups is 1. The molecule has 81 heavy (non-hydrogen) atoms. The first-order chi connectivity index (χ1) is 39.5. The second-order valence-corrected chi connectivity index (χ2v) is 27.4. The highest BCUT2D eigenvalue weighted by molar-refractivity contribution is 7.47. The van der Waals surface area contributed by atoms with Gasteiger partial charge in [0.25, 0.3) is 0 Å². The molecule has 0 aliphatic rings. The van der Waals surface area contributed by atoms with Crippen LogP contribution in [0.15, 0.2) is 12.2 Å². The molecule has 2 unspecified atom stereocenters. The molecule has 0 fully saturated rings. The Hall–Kier alpha value is -1.25. The Morgan fingerprint density at radius 3 is 0.914 bits per heavy atom. The summed E-state index contributed by atoms with van der Waals surface area (Å²) < 4.78 is 34.7. The Balaban J connectivity index is 3.90. The van der Waals surface area contributed by atoms with Crippen molar-refractivity contribution in [3.8, 4) is 0 Å². The summed E-state index contributed by atoms with van der Waals surface area (Å²) in [5.74, 6) is -0.770. The van der Waals surface area contributed by atoms with Gasteiger partial charge in [-0.15, -0.1) is 0 Å². The lowest BCUT2D eigenvalue weighted by atomic mass is 10.0. The lowest BCUT2D eigenvalue weighted by Gasteiger charge is -2.24. The molecule has 0 saturated heterocycles. The molecular weight excluding hydrogens is 1030 g/mol. The van der Waals surface area contributed by atoms with Crippen molar-refractivity contribution in [2.45, 2.75) is 386 Å². The van der Waals surface area contributed by atoms with E-state index in [0.717, 1.165) is 38.5 Å². The second kappa shape index (κ2) is 63.3. The van der Waals surface area contributed by atoms with E-state index in [4.69, 9.17) is 18.5 Å². The molecule has 0 bridgehead atoms. The third kappa shape index (κ3) is 67.7. The van der Waals surface area contributed by atoms with Crippen molar-refractivity contribution >= 4 is 19.8 Å². The van der Waals surface area contributed by atoms with Gasteiger partial charge in [0.2, 0.25) is 0 Å². The van der Waals surface area contributed by atoms with Gasteiger partial charge in [0.05, 0.1) is 27.7 Å². The summed E-state index contributed by atoms with van der Waals surface area (Å²) in [6.45, 7) is 4.52. The molecule has 0 aliphatic carbocycles. The van der Waals surface area contributed by atoms with E-state index >= 15 is 0 Å². The molecular formula is C71H141NO8P+. The fourth-order valence-corrected chi connectivity index (χ4v) is 11.8. The number of unbranched alkanes of at least 4 members (excludes halogenated alkanes) is 52. The summed E-state index contributed by atoms with van der Waals surface area (Å²) in [6, 6.07) is 0. The normalized spacial score (nSPS) is 13.1. The maximum Gasteiger partial charge on any atom is 0.472 e. The summed E-state index contributed by atoms with van der Waals surface area (Å²) in [5, 5.41) is 0. The predicted octanol–water partition coefficient (Wildman–Crippen LogP) is 23.1. The highest BCUT2D eigenvalue weighted by Crippen LogP contribution is 2.43. The van der Waals surface area contributed by atoms with E-state index in [-0.39, 0.29) is 25.6 Å². The highest BCUT2D eigenvalue weighted by atomic mass is 31.2.